The van der Waals surface area contributed by atoms with E-state index in [4.69, 9.17) is 29.4 Å². The number of nitrogens with zero attached hydrogens (tertiary/aromatic N) is 3. The number of benzene rings is 2. The van der Waals surface area contributed by atoms with E-state index in [1.54, 1.807) is 30.6 Å². The molecule has 6 heterocycles. The number of carbonyl (C=O) groups is 2. The lowest BCUT2D eigenvalue weighted by atomic mass is 10.0. The van der Waals surface area contributed by atoms with E-state index >= 15 is 0 Å². The second-order valence-electron chi connectivity index (χ2n) is 15.3. The largest absolute Gasteiger partial charge is 0.484 e. The van der Waals surface area contributed by atoms with Gasteiger partial charge < -0.3 is 40.1 Å². The number of pyridine rings is 2. The number of aldehydes is 1. The first-order valence-corrected chi connectivity index (χ1v) is 19.4. The summed E-state index contributed by atoms with van der Waals surface area (Å²) in [7, 11) is 0. The maximum absolute atomic E-state index is 11.4. The minimum Gasteiger partial charge on any atom is -0.484 e. The summed E-state index contributed by atoms with van der Waals surface area (Å²) in [6.07, 6.45) is 7.78. The zero-order valence-electron chi connectivity index (χ0n) is 32.9. The molecule has 0 saturated carbocycles. The molecule has 2 fully saturated rings. The molecule has 2 atom stereocenters. The third kappa shape index (κ3) is 15.0. The van der Waals surface area contributed by atoms with Crippen molar-refractivity contribution in [1.29, 1.82) is 0 Å². The van der Waals surface area contributed by atoms with Gasteiger partial charge in [-0.15, -0.1) is 12.4 Å². The quantitative estimate of drug-likeness (QED) is 0.162. The van der Waals surface area contributed by atoms with Crippen LogP contribution in [0.3, 0.4) is 0 Å². The smallest absolute Gasteiger partial charge is 0.407 e. The van der Waals surface area contributed by atoms with Crippen molar-refractivity contribution in [3.05, 3.63) is 107 Å². The summed E-state index contributed by atoms with van der Waals surface area (Å²) in [6.45, 7) is 11.7. The van der Waals surface area contributed by atoms with Crippen LogP contribution in [0.2, 0.25) is 0 Å². The lowest BCUT2D eigenvalue weighted by molar-refractivity contribution is 0.0495. The highest BCUT2D eigenvalue weighted by Gasteiger charge is 2.25. The van der Waals surface area contributed by atoms with E-state index in [-0.39, 0.29) is 51.6 Å². The second kappa shape index (κ2) is 23.6. The molecule has 4 N–H and O–H groups in total. The monoisotopic (exact) mass is 834 g/mol. The number of nitrogens with one attached hydrogen (secondary N) is 2. The first-order valence-electron chi connectivity index (χ1n) is 19.4. The summed E-state index contributed by atoms with van der Waals surface area (Å²) >= 11 is 0. The van der Waals surface area contributed by atoms with Crippen molar-refractivity contribution in [2.24, 2.45) is 5.73 Å². The molecule has 59 heavy (non-hydrogen) atoms. The zero-order chi connectivity index (χ0) is 39.3. The summed E-state index contributed by atoms with van der Waals surface area (Å²) < 4.78 is 28.2. The number of rotatable bonds is 6. The van der Waals surface area contributed by atoms with Gasteiger partial charge in [-0.3, -0.25) is 9.69 Å². The minimum atomic E-state index is -0.406. The van der Waals surface area contributed by atoms with E-state index in [2.05, 4.69) is 49.8 Å². The van der Waals surface area contributed by atoms with Crippen LogP contribution in [0.25, 0.3) is 0 Å². The molecule has 2 aromatic carbocycles. The predicted molar refractivity (Wildman–Crippen MR) is 233 cm³/mol. The van der Waals surface area contributed by atoms with Crippen LogP contribution in [0.5, 0.6) is 23.3 Å². The molecule has 322 valence electrons. The average molecular weight is 835 g/mol. The van der Waals surface area contributed by atoms with Crippen LogP contribution in [0.4, 0.5) is 4.79 Å². The van der Waals surface area contributed by atoms with Gasteiger partial charge in [0.2, 0.25) is 0 Å². The number of carbonyl (C=O) groups excluding carboxylic acids is 2. The summed E-state index contributed by atoms with van der Waals surface area (Å²) in [5.74, 6) is 2.46. The number of hydrogen-bond acceptors (Lipinski definition) is 12. The van der Waals surface area contributed by atoms with E-state index < -0.39 is 5.60 Å². The van der Waals surface area contributed by atoms with Crippen LogP contribution in [0.1, 0.15) is 101 Å². The Labute approximate surface area is 356 Å². The molecule has 13 nitrogen and oxygen atoms in total. The molecule has 4 aromatic rings. The summed E-state index contributed by atoms with van der Waals surface area (Å²) in [4.78, 5) is 32.8. The van der Waals surface area contributed by atoms with Gasteiger partial charge in [-0.25, -0.2) is 14.8 Å². The molecule has 0 unspecified atom stereocenters. The lowest BCUT2D eigenvalue weighted by Gasteiger charge is -2.30. The number of halogens is 1. The fourth-order valence-electron chi connectivity index (χ4n) is 6.58. The van der Waals surface area contributed by atoms with E-state index in [0.29, 0.717) is 48.1 Å². The highest BCUT2D eigenvalue weighted by atomic mass is 35.5. The molecule has 0 aliphatic carbocycles. The highest BCUT2D eigenvalue weighted by Crippen LogP contribution is 2.35. The first-order chi connectivity index (χ1) is 27.1. The Morgan fingerprint density at radius 1 is 0.831 bits per heavy atom. The van der Waals surface area contributed by atoms with Crippen molar-refractivity contribution in [3.63, 3.8) is 0 Å². The third-order valence-electron chi connectivity index (χ3n) is 9.65. The third-order valence-corrected chi connectivity index (χ3v) is 9.65. The Hall–Kier alpha value is -4.95. The molecular formula is C45H63ClN6O7. The van der Waals surface area contributed by atoms with Gasteiger partial charge >= 0.3 is 6.09 Å². The van der Waals surface area contributed by atoms with Crippen molar-refractivity contribution in [2.45, 2.75) is 97.7 Å². The van der Waals surface area contributed by atoms with E-state index in [1.807, 2.05) is 51.1 Å². The molecule has 0 spiro atoms. The van der Waals surface area contributed by atoms with Crippen LogP contribution in [0.15, 0.2) is 85.2 Å². The lowest BCUT2D eigenvalue weighted by Crippen LogP contribution is -2.44. The molecule has 4 aliphatic rings. The molecule has 14 heteroatoms. The first kappa shape index (κ1) is 48.4. The molecular weight excluding hydrogens is 772 g/mol. The topological polar surface area (TPSA) is 159 Å². The Morgan fingerprint density at radius 2 is 1.34 bits per heavy atom. The van der Waals surface area contributed by atoms with Gasteiger partial charge in [-0.2, -0.15) is 0 Å². The molecule has 2 aromatic heterocycles. The number of ether oxygens (including phenoxy) is 5. The van der Waals surface area contributed by atoms with E-state index in [0.717, 1.165) is 75.8 Å². The SMILES string of the molecule is C.C.CC(C)(C)OC(=O)NC1CCNCC1.Cl.NC1CCN(Cc2ccc([C@H]3COc4cccnc4O3)cc2)CC1.O=Cc1ccc([C@H]2COc3cccnc3O2)cc1. The molecule has 2 saturated heterocycles. The fraction of sp³-hybridized carbons (Fsp3) is 0.467. The highest BCUT2D eigenvalue weighted by molar-refractivity contribution is 5.85. The normalized spacial score (nSPS) is 18.6. The number of hydrogen-bond donors (Lipinski definition) is 3. The van der Waals surface area contributed by atoms with Crippen molar-refractivity contribution in [2.75, 3.05) is 39.4 Å². The minimum absolute atomic E-state index is 0. The van der Waals surface area contributed by atoms with Crippen molar-refractivity contribution < 1.29 is 33.3 Å². The van der Waals surface area contributed by atoms with Gasteiger partial charge in [-0.1, -0.05) is 63.4 Å². The number of alkyl carbamates (subject to hydrolysis) is 1. The second-order valence-corrected chi connectivity index (χ2v) is 15.3. The van der Waals surface area contributed by atoms with Crippen molar-refractivity contribution in [3.8, 4) is 23.3 Å². The number of nitrogens with two attached hydrogens (primary N) is 1. The Morgan fingerprint density at radius 3 is 1.83 bits per heavy atom. The van der Waals surface area contributed by atoms with E-state index in [9.17, 15) is 9.59 Å². The number of aromatic nitrogens is 2. The molecule has 8 rings (SSSR count). The molecule has 1 amide bonds. The maximum atomic E-state index is 11.4. The zero-order valence-corrected chi connectivity index (χ0v) is 33.7. The number of piperidine rings is 2. The van der Waals surface area contributed by atoms with Crippen LogP contribution in [0, 0.1) is 0 Å². The number of fused-ring (bicyclic) bond motifs is 2. The van der Waals surface area contributed by atoms with Gasteiger partial charge in [0.05, 0.1) is 0 Å². The predicted octanol–water partition coefficient (Wildman–Crippen LogP) is 7.88. The molecule has 0 bridgehead atoms. The van der Waals surface area contributed by atoms with Gasteiger partial charge in [0.25, 0.3) is 11.8 Å². The van der Waals surface area contributed by atoms with Gasteiger partial charge in [0, 0.05) is 36.6 Å². The van der Waals surface area contributed by atoms with E-state index in [1.165, 1.54) is 5.56 Å². The van der Waals surface area contributed by atoms with Crippen LogP contribution >= 0.6 is 12.4 Å². The number of likely N-dealkylation sites (tertiary alicyclic amines) is 1. The summed E-state index contributed by atoms with van der Waals surface area (Å²) in [6, 6.07) is 23.9. The molecule has 0 radical (unpaired) electrons. The maximum Gasteiger partial charge on any atom is 0.407 e. The van der Waals surface area contributed by atoms with Crippen LogP contribution in [-0.2, 0) is 11.3 Å². The van der Waals surface area contributed by atoms with Gasteiger partial charge in [0.15, 0.2) is 23.7 Å². The van der Waals surface area contributed by atoms with Crippen molar-refractivity contribution in [1.82, 2.24) is 25.5 Å². The van der Waals surface area contributed by atoms with Gasteiger partial charge in [0.1, 0.15) is 25.1 Å². The summed E-state index contributed by atoms with van der Waals surface area (Å²) in [5, 5.41) is 6.12. The standard InChI is InChI=1S/C19H23N3O2.C14H11NO3.C10H20N2O2.2CH4.ClH/c20-16-7-10-22(11-8-16)12-14-3-5-15(6-4-14)18-13-23-17-2-1-9-21-19(17)24-18;16-8-10-3-5-11(6-4-10)13-9-17-12-2-1-7-15-14(12)18-13;1-10(2,3)14-9(13)12-8-4-6-11-7-5-8;;;/h1-6,9,16,18H,7-8,10-13,20H2;1-8,13H,9H2;8,11H,4-7H2,1-3H3,(H,12,13);2*1H4;1H/t18-;13-;;;;/m11..../s1. The Balaban J connectivity index is 0.000000239. The summed E-state index contributed by atoms with van der Waals surface area (Å²) in [5.41, 5.74) is 9.62. The van der Waals surface area contributed by atoms with Crippen LogP contribution in [-0.4, -0.2) is 84.3 Å². The van der Waals surface area contributed by atoms with Gasteiger partial charge in [-0.05, 0) is 114 Å². The average Bonchev–Trinajstić information content (AvgIpc) is 3.22. The fourth-order valence-corrected chi connectivity index (χ4v) is 6.58. The van der Waals surface area contributed by atoms with Crippen molar-refractivity contribution >= 4 is 24.8 Å². The Kier molecular flexibility index (Phi) is 19.4. The van der Waals surface area contributed by atoms with Crippen LogP contribution < -0.4 is 35.3 Å². The number of amides is 1. The Bertz CT molecular complexity index is 1850. The molecule has 4 aliphatic heterocycles.